The predicted octanol–water partition coefficient (Wildman–Crippen LogP) is 3.18. The van der Waals surface area contributed by atoms with Gasteiger partial charge in [0.15, 0.2) is 0 Å². The van der Waals surface area contributed by atoms with E-state index in [1.165, 1.54) is 12.8 Å². The molecule has 0 radical (unpaired) electrons. The van der Waals surface area contributed by atoms with Crippen LogP contribution >= 0.6 is 0 Å². The lowest BCUT2D eigenvalue weighted by Gasteiger charge is -2.32. The standard InChI is InChI=1S/C15H22O2/c1-15(2,3)14(16)17-13-8-9-7-12(13)11-6-4-5-10(9)11/h4-5,9-13H,6-8H2,1-3H3. The summed E-state index contributed by atoms with van der Waals surface area (Å²) in [5.74, 6) is 2.95. The first kappa shape index (κ1) is 11.3. The SMILES string of the molecule is CC(C)(C)C(=O)OC1CC2CC1C1CC=CC21. The molecule has 3 rings (SSSR count). The maximum atomic E-state index is 12.0. The highest BCUT2D eigenvalue weighted by atomic mass is 16.5. The summed E-state index contributed by atoms with van der Waals surface area (Å²) in [5.41, 5.74) is -0.366. The van der Waals surface area contributed by atoms with Crippen molar-refractivity contribution in [2.75, 3.05) is 0 Å². The van der Waals surface area contributed by atoms with E-state index in [0.29, 0.717) is 5.92 Å². The zero-order chi connectivity index (χ0) is 12.2. The minimum absolute atomic E-state index is 0.0300. The van der Waals surface area contributed by atoms with Gasteiger partial charge in [-0.2, -0.15) is 0 Å². The Morgan fingerprint density at radius 3 is 2.71 bits per heavy atom. The van der Waals surface area contributed by atoms with Gasteiger partial charge in [0.25, 0.3) is 0 Å². The Bertz CT molecular complexity index is 364. The number of carbonyl (C=O) groups excluding carboxylic acids is 1. The molecule has 0 aromatic heterocycles. The molecule has 0 N–H and O–H groups in total. The molecular formula is C15H22O2. The lowest BCUT2D eigenvalue weighted by Crippen LogP contribution is -2.35. The van der Waals surface area contributed by atoms with Gasteiger partial charge in [-0.15, -0.1) is 0 Å². The van der Waals surface area contributed by atoms with Gasteiger partial charge >= 0.3 is 5.97 Å². The second-order valence-corrected chi connectivity index (χ2v) is 6.99. The average molecular weight is 234 g/mol. The number of hydrogen-bond acceptors (Lipinski definition) is 2. The van der Waals surface area contributed by atoms with Gasteiger partial charge in [-0.1, -0.05) is 12.2 Å². The third-order valence-electron chi connectivity index (χ3n) is 4.81. The van der Waals surface area contributed by atoms with Crippen molar-refractivity contribution in [1.29, 1.82) is 0 Å². The zero-order valence-corrected chi connectivity index (χ0v) is 11.0. The Morgan fingerprint density at radius 2 is 2.00 bits per heavy atom. The average Bonchev–Trinajstić information content (AvgIpc) is 2.85. The van der Waals surface area contributed by atoms with E-state index < -0.39 is 0 Å². The van der Waals surface area contributed by atoms with Gasteiger partial charge in [0.2, 0.25) is 0 Å². The smallest absolute Gasteiger partial charge is 0.311 e. The molecule has 5 unspecified atom stereocenters. The van der Waals surface area contributed by atoms with Crippen molar-refractivity contribution in [3.05, 3.63) is 12.2 Å². The Kier molecular flexibility index (Phi) is 2.39. The monoisotopic (exact) mass is 234 g/mol. The quantitative estimate of drug-likeness (QED) is 0.514. The number of hydrogen-bond donors (Lipinski definition) is 0. The van der Waals surface area contributed by atoms with Crippen molar-refractivity contribution in [2.24, 2.45) is 29.1 Å². The van der Waals surface area contributed by atoms with Crippen LogP contribution in [0.25, 0.3) is 0 Å². The fourth-order valence-electron chi connectivity index (χ4n) is 3.94. The van der Waals surface area contributed by atoms with Gasteiger partial charge in [0, 0.05) is 0 Å². The molecule has 0 saturated heterocycles. The summed E-state index contributed by atoms with van der Waals surface area (Å²) in [4.78, 5) is 12.0. The summed E-state index contributed by atoms with van der Waals surface area (Å²) in [7, 11) is 0. The highest BCUT2D eigenvalue weighted by Gasteiger charge is 2.54. The molecule has 2 heteroatoms. The van der Waals surface area contributed by atoms with E-state index >= 15 is 0 Å². The Hall–Kier alpha value is -0.790. The Balaban J connectivity index is 1.67. The molecule has 2 bridgehead atoms. The molecule has 0 aromatic rings. The fraction of sp³-hybridized carbons (Fsp3) is 0.800. The molecule has 0 spiro atoms. The molecule has 2 saturated carbocycles. The minimum atomic E-state index is -0.366. The number of ether oxygens (including phenoxy) is 1. The number of rotatable bonds is 1. The number of allylic oxidation sites excluding steroid dienone is 2. The van der Waals surface area contributed by atoms with Crippen LogP contribution in [-0.4, -0.2) is 12.1 Å². The molecule has 0 aromatic carbocycles. The number of fused-ring (bicyclic) bond motifs is 5. The van der Waals surface area contributed by atoms with Crippen LogP contribution in [0.2, 0.25) is 0 Å². The van der Waals surface area contributed by atoms with Crippen LogP contribution in [0.1, 0.15) is 40.0 Å². The van der Waals surface area contributed by atoms with Crippen molar-refractivity contribution < 1.29 is 9.53 Å². The largest absolute Gasteiger partial charge is 0.462 e. The molecular weight excluding hydrogens is 212 g/mol. The van der Waals surface area contributed by atoms with Crippen LogP contribution < -0.4 is 0 Å². The van der Waals surface area contributed by atoms with Crippen molar-refractivity contribution >= 4 is 5.97 Å². The Labute approximate surface area is 103 Å². The minimum Gasteiger partial charge on any atom is -0.462 e. The predicted molar refractivity (Wildman–Crippen MR) is 66.3 cm³/mol. The third kappa shape index (κ3) is 1.73. The Morgan fingerprint density at radius 1 is 1.24 bits per heavy atom. The van der Waals surface area contributed by atoms with Crippen LogP contribution in [0.5, 0.6) is 0 Å². The topological polar surface area (TPSA) is 26.3 Å². The summed E-state index contributed by atoms with van der Waals surface area (Å²) < 4.78 is 5.75. The molecule has 3 aliphatic rings. The van der Waals surface area contributed by atoms with Gasteiger partial charge in [0.05, 0.1) is 5.41 Å². The highest BCUT2D eigenvalue weighted by Crippen LogP contribution is 2.57. The summed E-state index contributed by atoms with van der Waals surface area (Å²) in [5, 5.41) is 0. The number of carbonyl (C=O) groups is 1. The molecule has 5 atom stereocenters. The first-order valence-electron chi connectivity index (χ1n) is 6.84. The summed E-state index contributed by atoms with van der Waals surface area (Å²) >= 11 is 0. The van der Waals surface area contributed by atoms with Crippen LogP contribution in [0.15, 0.2) is 12.2 Å². The molecule has 94 valence electrons. The van der Waals surface area contributed by atoms with Crippen molar-refractivity contribution in [3.63, 3.8) is 0 Å². The van der Waals surface area contributed by atoms with Crippen LogP contribution in [0, 0.1) is 29.1 Å². The van der Waals surface area contributed by atoms with Crippen molar-refractivity contribution in [2.45, 2.75) is 46.1 Å². The highest BCUT2D eigenvalue weighted by molar-refractivity contribution is 5.75. The maximum Gasteiger partial charge on any atom is 0.311 e. The van der Waals surface area contributed by atoms with Gasteiger partial charge in [-0.25, -0.2) is 0 Å². The zero-order valence-electron chi connectivity index (χ0n) is 11.0. The normalized spacial score (nSPS) is 42.9. The van der Waals surface area contributed by atoms with E-state index in [4.69, 9.17) is 4.74 Å². The third-order valence-corrected chi connectivity index (χ3v) is 4.81. The molecule has 17 heavy (non-hydrogen) atoms. The van der Waals surface area contributed by atoms with Crippen molar-refractivity contribution in [1.82, 2.24) is 0 Å². The van der Waals surface area contributed by atoms with Crippen LogP contribution in [-0.2, 0) is 9.53 Å². The van der Waals surface area contributed by atoms with E-state index in [1.54, 1.807) is 0 Å². The molecule has 0 amide bonds. The molecule has 2 nitrogen and oxygen atoms in total. The lowest BCUT2D eigenvalue weighted by atomic mass is 9.80. The number of esters is 1. The summed E-state index contributed by atoms with van der Waals surface area (Å²) in [6, 6.07) is 0. The van der Waals surface area contributed by atoms with E-state index in [0.717, 1.165) is 24.2 Å². The van der Waals surface area contributed by atoms with Gasteiger partial charge < -0.3 is 4.74 Å². The first-order valence-corrected chi connectivity index (χ1v) is 6.84. The molecule has 2 fully saturated rings. The van der Waals surface area contributed by atoms with E-state index in [9.17, 15) is 4.79 Å². The summed E-state index contributed by atoms with van der Waals surface area (Å²) in [6.45, 7) is 5.80. The molecule has 0 aliphatic heterocycles. The first-order chi connectivity index (χ1) is 7.97. The second-order valence-electron chi connectivity index (χ2n) is 6.99. The van der Waals surface area contributed by atoms with Crippen LogP contribution in [0.3, 0.4) is 0 Å². The fourth-order valence-corrected chi connectivity index (χ4v) is 3.94. The van der Waals surface area contributed by atoms with Gasteiger partial charge in [-0.05, 0) is 63.7 Å². The van der Waals surface area contributed by atoms with Crippen molar-refractivity contribution in [3.8, 4) is 0 Å². The van der Waals surface area contributed by atoms with E-state index in [2.05, 4.69) is 12.2 Å². The second kappa shape index (κ2) is 3.60. The van der Waals surface area contributed by atoms with Gasteiger partial charge in [0.1, 0.15) is 6.10 Å². The van der Waals surface area contributed by atoms with Crippen LogP contribution in [0.4, 0.5) is 0 Å². The summed E-state index contributed by atoms with van der Waals surface area (Å²) in [6.07, 6.45) is 8.50. The lowest BCUT2D eigenvalue weighted by molar-refractivity contribution is -0.162. The van der Waals surface area contributed by atoms with E-state index in [1.807, 2.05) is 20.8 Å². The van der Waals surface area contributed by atoms with E-state index in [-0.39, 0.29) is 17.5 Å². The molecule has 0 heterocycles. The van der Waals surface area contributed by atoms with Gasteiger partial charge in [-0.3, -0.25) is 4.79 Å². The molecule has 3 aliphatic carbocycles. The maximum absolute atomic E-state index is 12.0.